The molecular formula is C14H10FN3O. The average Bonchev–Trinajstić information content (AvgIpc) is 2.82. The Bertz CT molecular complexity index is 751. The summed E-state index contributed by atoms with van der Waals surface area (Å²) in [5.74, 6) is -0.402. The summed E-state index contributed by atoms with van der Waals surface area (Å²) in [5.41, 5.74) is 1.09. The minimum absolute atomic E-state index is 0.257. The van der Waals surface area contributed by atoms with Crippen molar-refractivity contribution < 1.29 is 9.18 Å². The Hall–Kier alpha value is -2.69. The first-order valence-corrected chi connectivity index (χ1v) is 5.74. The Balaban J connectivity index is 1.91. The second-order valence-electron chi connectivity index (χ2n) is 4.08. The highest BCUT2D eigenvalue weighted by Gasteiger charge is 2.11. The molecule has 0 atom stereocenters. The molecule has 1 heterocycles. The second kappa shape index (κ2) is 4.53. The third kappa shape index (κ3) is 2.18. The Labute approximate surface area is 108 Å². The number of nitrogens with zero attached hydrogens (tertiary/aromatic N) is 1. The fraction of sp³-hybridized carbons (Fsp3) is 0. The fourth-order valence-corrected chi connectivity index (χ4v) is 1.87. The monoisotopic (exact) mass is 255 g/mol. The van der Waals surface area contributed by atoms with Crippen molar-refractivity contribution in [3.8, 4) is 0 Å². The van der Waals surface area contributed by atoms with E-state index in [4.69, 9.17) is 0 Å². The van der Waals surface area contributed by atoms with E-state index < -0.39 is 11.7 Å². The van der Waals surface area contributed by atoms with Gasteiger partial charge in [-0.15, -0.1) is 0 Å². The number of aromatic nitrogens is 2. The Morgan fingerprint density at radius 1 is 1.16 bits per heavy atom. The van der Waals surface area contributed by atoms with Gasteiger partial charge >= 0.3 is 0 Å². The van der Waals surface area contributed by atoms with Crippen LogP contribution in [0.15, 0.2) is 48.5 Å². The summed E-state index contributed by atoms with van der Waals surface area (Å²) in [6.07, 6.45) is 0. The number of rotatable bonds is 2. The number of anilines is 1. The topological polar surface area (TPSA) is 57.8 Å². The zero-order chi connectivity index (χ0) is 13.2. The number of halogens is 1. The van der Waals surface area contributed by atoms with Gasteiger partial charge in [0, 0.05) is 10.9 Å². The Morgan fingerprint density at radius 3 is 2.84 bits per heavy atom. The molecule has 2 aromatic carbocycles. The summed E-state index contributed by atoms with van der Waals surface area (Å²) in [6, 6.07) is 13.0. The number of carbonyl (C=O) groups excluding carboxylic acids is 1. The third-order valence-corrected chi connectivity index (χ3v) is 2.79. The molecule has 1 aromatic heterocycles. The number of carbonyl (C=O) groups is 1. The summed E-state index contributed by atoms with van der Waals surface area (Å²) in [5, 5.41) is 10.3. The highest BCUT2D eigenvalue weighted by molar-refractivity contribution is 6.07. The number of hydrogen-bond donors (Lipinski definition) is 2. The van der Waals surface area contributed by atoms with Crippen molar-refractivity contribution in [2.75, 3.05) is 5.32 Å². The smallest absolute Gasteiger partial charge is 0.256 e. The number of hydrogen-bond acceptors (Lipinski definition) is 2. The predicted octanol–water partition coefficient (Wildman–Crippen LogP) is 2.95. The largest absolute Gasteiger partial charge is 0.305 e. The van der Waals surface area contributed by atoms with E-state index in [9.17, 15) is 9.18 Å². The van der Waals surface area contributed by atoms with Gasteiger partial charge in [0.05, 0.1) is 5.52 Å². The number of aromatic amines is 1. The van der Waals surface area contributed by atoms with E-state index in [0.29, 0.717) is 5.82 Å². The number of H-pyrrole nitrogens is 1. The van der Waals surface area contributed by atoms with Crippen LogP contribution in [0.4, 0.5) is 10.2 Å². The van der Waals surface area contributed by atoms with E-state index in [2.05, 4.69) is 15.5 Å². The first-order valence-electron chi connectivity index (χ1n) is 5.74. The van der Waals surface area contributed by atoms with E-state index in [1.54, 1.807) is 6.07 Å². The first-order chi connectivity index (χ1) is 9.24. The van der Waals surface area contributed by atoms with Gasteiger partial charge in [0.2, 0.25) is 0 Å². The molecular weight excluding hydrogens is 245 g/mol. The zero-order valence-electron chi connectivity index (χ0n) is 9.85. The van der Waals surface area contributed by atoms with E-state index >= 15 is 0 Å². The SMILES string of the molecule is O=C(Nc1n[nH]c2ccccc12)c1cccc(F)c1. The van der Waals surface area contributed by atoms with E-state index in [0.717, 1.165) is 10.9 Å². The molecule has 2 N–H and O–H groups in total. The summed E-state index contributed by atoms with van der Waals surface area (Å²) in [7, 11) is 0. The normalized spacial score (nSPS) is 10.6. The lowest BCUT2D eigenvalue weighted by Gasteiger charge is -2.02. The molecule has 3 rings (SSSR count). The van der Waals surface area contributed by atoms with Crippen molar-refractivity contribution >= 4 is 22.6 Å². The number of nitrogens with one attached hydrogen (secondary N) is 2. The molecule has 0 radical (unpaired) electrons. The van der Waals surface area contributed by atoms with Crippen LogP contribution in [0, 0.1) is 5.82 Å². The van der Waals surface area contributed by atoms with Crippen LogP contribution in [-0.2, 0) is 0 Å². The van der Waals surface area contributed by atoms with Gasteiger partial charge in [-0.05, 0) is 30.3 Å². The standard InChI is InChI=1S/C14H10FN3O/c15-10-5-3-4-9(8-10)14(19)16-13-11-6-1-2-7-12(11)17-18-13/h1-8H,(H2,16,17,18,19). The van der Waals surface area contributed by atoms with Gasteiger partial charge in [-0.25, -0.2) is 4.39 Å². The van der Waals surface area contributed by atoms with Gasteiger partial charge < -0.3 is 5.32 Å². The molecule has 0 bridgehead atoms. The van der Waals surface area contributed by atoms with E-state index in [-0.39, 0.29) is 5.56 Å². The lowest BCUT2D eigenvalue weighted by Crippen LogP contribution is -2.12. The van der Waals surface area contributed by atoms with Crippen LogP contribution in [0.3, 0.4) is 0 Å². The molecule has 5 heteroatoms. The minimum Gasteiger partial charge on any atom is -0.305 e. The number of benzene rings is 2. The maximum absolute atomic E-state index is 13.1. The molecule has 0 saturated carbocycles. The van der Waals surface area contributed by atoms with Crippen molar-refractivity contribution in [3.05, 3.63) is 59.9 Å². The van der Waals surface area contributed by atoms with Crippen LogP contribution < -0.4 is 5.32 Å². The lowest BCUT2D eigenvalue weighted by molar-refractivity contribution is 0.102. The molecule has 1 amide bonds. The third-order valence-electron chi connectivity index (χ3n) is 2.79. The van der Waals surface area contributed by atoms with Crippen LogP contribution in [0.1, 0.15) is 10.4 Å². The minimum atomic E-state index is -0.445. The highest BCUT2D eigenvalue weighted by atomic mass is 19.1. The average molecular weight is 255 g/mol. The first kappa shape index (κ1) is 11.4. The number of para-hydroxylation sites is 1. The molecule has 0 aliphatic carbocycles. The fourth-order valence-electron chi connectivity index (χ4n) is 1.87. The molecule has 0 aliphatic rings. The van der Waals surface area contributed by atoms with Crippen LogP contribution in [0.5, 0.6) is 0 Å². The van der Waals surface area contributed by atoms with E-state index in [1.165, 1.54) is 18.2 Å². The van der Waals surface area contributed by atoms with Crippen molar-refractivity contribution in [2.24, 2.45) is 0 Å². The molecule has 0 fully saturated rings. The summed E-state index contributed by atoms with van der Waals surface area (Å²) >= 11 is 0. The number of fused-ring (bicyclic) bond motifs is 1. The molecule has 0 aliphatic heterocycles. The quantitative estimate of drug-likeness (QED) is 0.739. The van der Waals surface area contributed by atoms with Gasteiger partial charge in [-0.2, -0.15) is 5.10 Å². The van der Waals surface area contributed by atoms with Gasteiger partial charge in [0.15, 0.2) is 5.82 Å². The maximum Gasteiger partial charge on any atom is 0.256 e. The van der Waals surface area contributed by atoms with Crippen LogP contribution >= 0.6 is 0 Å². The molecule has 0 spiro atoms. The molecule has 94 valence electrons. The Kier molecular flexibility index (Phi) is 2.72. The summed E-state index contributed by atoms with van der Waals surface area (Å²) < 4.78 is 13.1. The number of amides is 1. The second-order valence-corrected chi connectivity index (χ2v) is 4.08. The Morgan fingerprint density at radius 2 is 2.00 bits per heavy atom. The predicted molar refractivity (Wildman–Crippen MR) is 70.4 cm³/mol. The summed E-state index contributed by atoms with van der Waals surface area (Å²) in [6.45, 7) is 0. The molecule has 0 saturated heterocycles. The molecule has 0 unspecified atom stereocenters. The van der Waals surface area contributed by atoms with Crippen molar-refractivity contribution in [3.63, 3.8) is 0 Å². The molecule has 19 heavy (non-hydrogen) atoms. The van der Waals surface area contributed by atoms with Gasteiger partial charge in [-0.3, -0.25) is 9.89 Å². The molecule has 3 aromatic rings. The van der Waals surface area contributed by atoms with Crippen molar-refractivity contribution in [1.82, 2.24) is 10.2 Å². The lowest BCUT2D eigenvalue weighted by atomic mass is 10.2. The van der Waals surface area contributed by atoms with Gasteiger partial charge in [0.25, 0.3) is 5.91 Å². The molecule has 4 nitrogen and oxygen atoms in total. The summed E-state index contributed by atoms with van der Waals surface area (Å²) in [4.78, 5) is 12.0. The highest BCUT2D eigenvalue weighted by Crippen LogP contribution is 2.20. The van der Waals surface area contributed by atoms with Gasteiger partial charge in [0.1, 0.15) is 5.82 Å². The van der Waals surface area contributed by atoms with Gasteiger partial charge in [-0.1, -0.05) is 18.2 Å². The van der Waals surface area contributed by atoms with Crippen LogP contribution in [0.25, 0.3) is 10.9 Å². The maximum atomic E-state index is 13.1. The van der Waals surface area contributed by atoms with Crippen LogP contribution in [-0.4, -0.2) is 16.1 Å². The van der Waals surface area contributed by atoms with Crippen molar-refractivity contribution in [1.29, 1.82) is 0 Å². The van der Waals surface area contributed by atoms with Crippen LogP contribution in [0.2, 0.25) is 0 Å². The van der Waals surface area contributed by atoms with E-state index in [1.807, 2.05) is 24.3 Å². The zero-order valence-corrected chi connectivity index (χ0v) is 9.85. The van der Waals surface area contributed by atoms with Crippen molar-refractivity contribution in [2.45, 2.75) is 0 Å².